The Hall–Kier alpha value is -0.570. The number of piperidine rings is 1. The van der Waals surface area contributed by atoms with Crippen molar-refractivity contribution in [1.82, 2.24) is 10.2 Å². The molecule has 0 radical (unpaired) electrons. The molecule has 2 fully saturated rings. The maximum absolute atomic E-state index is 11.3. The number of carbonyl (C=O) groups is 1. The Kier molecular flexibility index (Phi) is 1.82. The number of nitrogens with one attached hydrogen (secondary N) is 1. The molecule has 1 N–H and O–H groups in total. The van der Waals surface area contributed by atoms with E-state index in [0.717, 1.165) is 32.5 Å². The second-order valence-corrected chi connectivity index (χ2v) is 3.36. The van der Waals surface area contributed by atoms with Gasteiger partial charge in [-0.2, -0.15) is 0 Å². The van der Waals surface area contributed by atoms with E-state index in [4.69, 9.17) is 0 Å². The SMILES string of the molecule is O=C1CCCCN1C1CNC1. The molecule has 1 amide bonds. The van der Waals surface area contributed by atoms with Crippen molar-refractivity contribution in [3.8, 4) is 0 Å². The van der Waals surface area contributed by atoms with Crippen molar-refractivity contribution in [3.05, 3.63) is 0 Å². The van der Waals surface area contributed by atoms with Gasteiger partial charge in [0.1, 0.15) is 0 Å². The van der Waals surface area contributed by atoms with Crippen LogP contribution < -0.4 is 5.32 Å². The fourth-order valence-electron chi connectivity index (χ4n) is 1.71. The molecule has 0 aliphatic carbocycles. The van der Waals surface area contributed by atoms with Crippen molar-refractivity contribution in [2.45, 2.75) is 25.3 Å². The Bertz CT molecular complexity index is 165. The zero-order valence-corrected chi connectivity index (χ0v) is 6.68. The van der Waals surface area contributed by atoms with Crippen LogP contribution in [0.1, 0.15) is 19.3 Å². The summed E-state index contributed by atoms with van der Waals surface area (Å²) in [7, 11) is 0. The summed E-state index contributed by atoms with van der Waals surface area (Å²) in [5.41, 5.74) is 0. The molecular formula is C8H14N2O. The summed E-state index contributed by atoms with van der Waals surface area (Å²) >= 11 is 0. The summed E-state index contributed by atoms with van der Waals surface area (Å²) in [5.74, 6) is 0.364. The Morgan fingerprint density at radius 2 is 2.18 bits per heavy atom. The highest BCUT2D eigenvalue weighted by atomic mass is 16.2. The fraction of sp³-hybridized carbons (Fsp3) is 0.875. The van der Waals surface area contributed by atoms with E-state index in [0.29, 0.717) is 11.9 Å². The van der Waals surface area contributed by atoms with Crippen LogP contribution in [0.5, 0.6) is 0 Å². The summed E-state index contributed by atoms with van der Waals surface area (Å²) in [5, 5.41) is 3.19. The van der Waals surface area contributed by atoms with E-state index in [1.165, 1.54) is 6.42 Å². The molecule has 0 bridgehead atoms. The predicted molar refractivity (Wildman–Crippen MR) is 42.2 cm³/mol. The van der Waals surface area contributed by atoms with E-state index in [1.807, 2.05) is 4.90 Å². The first-order valence-corrected chi connectivity index (χ1v) is 4.38. The Morgan fingerprint density at radius 1 is 1.36 bits per heavy atom. The highest BCUT2D eigenvalue weighted by Crippen LogP contribution is 2.15. The zero-order valence-electron chi connectivity index (χ0n) is 6.68. The van der Waals surface area contributed by atoms with Gasteiger partial charge in [0.05, 0.1) is 6.04 Å². The molecule has 3 nitrogen and oxygen atoms in total. The Labute approximate surface area is 66.8 Å². The second-order valence-electron chi connectivity index (χ2n) is 3.36. The largest absolute Gasteiger partial charge is 0.337 e. The van der Waals surface area contributed by atoms with E-state index >= 15 is 0 Å². The first-order valence-electron chi connectivity index (χ1n) is 4.38. The molecule has 0 aromatic carbocycles. The fourth-order valence-corrected chi connectivity index (χ4v) is 1.71. The number of amides is 1. The van der Waals surface area contributed by atoms with Gasteiger partial charge in [0, 0.05) is 26.1 Å². The molecule has 0 aromatic heterocycles. The molecule has 62 valence electrons. The number of likely N-dealkylation sites (tertiary alicyclic amines) is 1. The van der Waals surface area contributed by atoms with Gasteiger partial charge in [-0.1, -0.05) is 0 Å². The summed E-state index contributed by atoms with van der Waals surface area (Å²) in [6.07, 6.45) is 3.06. The maximum atomic E-state index is 11.3. The number of rotatable bonds is 1. The smallest absolute Gasteiger partial charge is 0.222 e. The minimum absolute atomic E-state index is 0.364. The van der Waals surface area contributed by atoms with Crippen LogP contribution in [-0.2, 0) is 4.79 Å². The average molecular weight is 154 g/mol. The molecule has 3 heteroatoms. The maximum Gasteiger partial charge on any atom is 0.222 e. The molecular weight excluding hydrogens is 140 g/mol. The normalized spacial score (nSPS) is 26.9. The van der Waals surface area contributed by atoms with Crippen LogP contribution in [0, 0.1) is 0 Å². The van der Waals surface area contributed by atoms with E-state index in [1.54, 1.807) is 0 Å². The van der Waals surface area contributed by atoms with E-state index in [2.05, 4.69) is 5.32 Å². The Balaban J connectivity index is 1.93. The lowest BCUT2D eigenvalue weighted by atomic mass is 10.0. The van der Waals surface area contributed by atoms with Crippen LogP contribution >= 0.6 is 0 Å². The van der Waals surface area contributed by atoms with Gasteiger partial charge >= 0.3 is 0 Å². The molecule has 0 saturated carbocycles. The summed E-state index contributed by atoms with van der Waals surface area (Å²) in [6.45, 7) is 3.00. The molecule has 11 heavy (non-hydrogen) atoms. The second kappa shape index (κ2) is 2.81. The van der Waals surface area contributed by atoms with Crippen molar-refractivity contribution >= 4 is 5.91 Å². The molecule has 2 aliphatic heterocycles. The lowest BCUT2D eigenvalue weighted by molar-refractivity contribution is -0.136. The monoisotopic (exact) mass is 154 g/mol. The van der Waals surface area contributed by atoms with E-state index in [9.17, 15) is 4.79 Å². The van der Waals surface area contributed by atoms with Gasteiger partial charge in [-0.25, -0.2) is 0 Å². The molecule has 0 aromatic rings. The van der Waals surface area contributed by atoms with Gasteiger partial charge in [0.25, 0.3) is 0 Å². The molecule has 0 spiro atoms. The first kappa shape index (κ1) is 7.10. The first-order chi connectivity index (χ1) is 5.38. The van der Waals surface area contributed by atoms with Gasteiger partial charge in [-0.15, -0.1) is 0 Å². The highest BCUT2D eigenvalue weighted by Gasteiger charge is 2.29. The minimum atomic E-state index is 0.364. The predicted octanol–water partition coefficient (Wildman–Crippen LogP) is -0.0293. The molecule has 2 heterocycles. The average Bonchev–Trinajstić information content (AvgIpc) is 1.90. The van der Waals surface area contributed by atoms with E-state index < -0.39 is 0 Å². The van der Waals surface area contributed by atoms with Crippen LogP contribution in [0.4, 0.5) is 0 Å². The highest BCUT2D eigenvalue weighted by molar-refractivity contribution is 5.77. The van der Waals surface area contributed by atoms with Gasteiger partial charge in [0.2, 0.25) is 5.91 Å². The van der Waals surface area contributed by atoms with Crippen molar-refractivity contribution in [2.75, 3.05) is 19.6 Å². The van der Waals surface area contributed by atoms with Crippen LogP contribution in [0.25, 0.3) is 0 Å². The zero-order chi connectivity index (χ0) is 7.68. The van der Waals surface area contributed by atoms with Gasteiger partial charge in [-0.3, -0.25) is 4.79 Å². The third kappa shape index (κ3) is 1.25. The summed E-state index contributed by atoms with van der Waals surface area (Å²) in [6, 6.07) is 0.516. The molecule has 2 rings (SSSR count). The van der Waals surface area contributed by atoms with Gasteiger partial charge in [0.15, 0.2) is 0 Å². The van der Waals surface area contributed by atoms with Crippen LogP contribution in [0.2, 0.25) is 0 Å². The molecule has 2 saturated heterocycles. The number of nitrogens with zero attached hydrogens (tertiary/aromatic N) is 1. The van der Waals surface area contributed by atoms with Crippen molar-refractivity contribution in [1.29, 1.82) is 0 Å². The van der Waals surface area contributed by atoms with Crippen molar-refractivity contribution < 1.29 is 4.79 Å². The molecule has 0 unspecified atom stereocenters. The third-order valence-electron chi connectivity index (χ3n) is 2.56. The van der Waals surface area contributed by atoms with Crippen LogP contribution in [0.3, 0.4) is 0 Å². The number of hydrogen-bond donors (Lipinski definition) is 1. The lowest BCUT2D eigenvalue weighted by Gasteiger charge is -2.40. The quantitative estimate of drug-likeness (QED) is 0.575. The lowest BCUT2D eigenvalue weighted by Crippen LogP contribution is -2.59. The topological polar surface area (TPSA) is 32.3 Å². The number of carbonyl (C=O) groups excluding carboxylic acids is 1. The minimum Gasteiger partial charge on any atom is -0.337 e. The summed E-state index contributed by atoms with van der Waals surface area (Å²) < 4.78 is 0. The number of hydrogen-bond acceptors (Lipinski definition) is 2. The Morgan fingerprint density at radius 3 is 2.73 bits per heavy atom. The third-order valence-corrected chi connectivity index (χ3v) is 2.56. The van der Waals surface area contributed by atoms with E-state index in [-0.39, 0.29) is 0 Å². The van der Waals surface area contributed by atoms with Crippen molar-refractivity contribution in [3.63, 3.8) is 0 Å². The van der Waals surface area contributed by atoms with Crippen LogP contribution in [-0.4, -0.2) is 36.5 Å². The summed E-state index contributed by atoms with van der Waals surface area (Å²) in [4.78, 5) is 13.4. The van der Waals surface area contributed by atoms with Gasteiger partial charge in [-0.05, 0) is 12.8 Å². The van der Waals surface area contributed by atoms with Crippen molar-refractivity contribution in [2.24, 2.45) is 0 Å². The van der Waals surface area contributed by atoms with Crippen LogP contribution in [0.15, 0.2) is 0 Å². The standard InChI is InChI=1S/C8H14N2O/c11-8-3-1-2-4-10(8)7-5-9-6-7/h7,9H,1-6H2. The van der Waals surface area contributed by atoms with Gasteiger partial charge < -0.3 is 10.2 Å². The molecule has 0 atom stereocenters. The molecule has 2 aliphatic rings.